The highest BCUT2D eigenvalue weighted by atomic mass is 127. The van der Waals surface area contributed by atoms with Gasteiger partial charge in [0.2, 0.25) is 0 Å². The molecule has 0 saturated carbocycles. The first-order valence-corrected chi connectivity index (χ1v) is 7.39. The predicted octanol–water partition coefficient (Wildman–Crippen LogP) is 5.75. The number of hydrogen-bond donors (Lipinski definition) is 0. The third kappa shape index (κ3) is 3.80. The van der Waals surface area contributed by atoms with Crippen LogP contribution in [0.3, 0.4) is 0 Å². The average molecular weight is 413 g/mol. The maximum atomic E-state index is 13.6. The van der Waals surface area contributed by atoms with Crippen molar-refractivity contribution in [1.82, 2.24) is 0 Å². The summed E-state index contributed by atoms with van der Waals surface area (Å²) in [7, 11) is 0. The van der Waals surface area contributed by atoms with Crippen LogP contribution in [0, 0.1) is 15.2 Å². The smallest absolute Gasteiger partial charge is 0.129 e. The molecule has 1 atom stereocenters. The van der Waals surface area contributed by atoms with Gasteiger partial charge in [0.05, 0.1) is 5.38 Å². The van der Waals surface area contributed by atoms with Crippen molar-refractivity contribution in [3.05, 3.63) is 67.8 Å². The van der Waals surface area contributed by atoms with Crippen molar-refractivity contribution < 1.29 is 8.78 Å². The number of alkyl halides is 1. The molecule has 5 heteroatoms. The van der Waals surface area contributed by atoms with Crippen molar-refractivity contribution in [1.29, 1.82) is 0 Å². The Hall–Kier alpha value is -0.390. The zero-order chi connectivity index (χ0) is 14.0. The van der Waals surface area contributed by atoms with E-state index >= 15 is 0 Å². The number of hydrogen-bond acceptors (Lipinski definition) is 0. The number of halogens is 5. The maximum absolute atomic E-state index is 13.6. The van der Waals surface area contributed by atoms with E-state index in [0.717, 1.165) is 15.2 Å². The summed E-state index contributed by atoms with van der Waals surface area (Å²) in [5, 5.41) is 0.172. The van der Waals surface area contributed by atoms with Gasteiger partial charge in [-0.3, -0.25) is 0 Å². The van der Waals surface area contributed by atoms with E-state index in [-0.39, 0.29) is 6.42 Å². The van der Waals surface area contributed by atoms with Gasteiger partial charge in [-0.05, 0) is 64.4 Å². The molecule has 2 rings (SSSR count). The fourth-order valence-electron chi connectivity index (χ4n) is 1.74. The minimum absolute atomic E-state index is 0.282. The van der Waals surface area contributed by atoms with Gasteiger partial charge in [0.1, 0.15) is 11.6 Å². The minimum Gasteiger partial charge on any atom is -0.207 e. The summed E-state index contributed by atoms with van der Waals surface area (Å²) >= 11 is 14.4. The molecule has 0 aliphatic heterocycles. The van der Waals surface area contributed by atoms with Crippen molar-refractivity contribution in [2.24, 2.45) is 0 Å². The lowest BCUT2D eigenvalue weighted by atomic mass is 10.0. The minimum atomic E-state index is -0.593. The molecule has 0 bridgehead atoms. The highest BCUT2D eigenvalue weighted by Crippen LogP contribution is 2.31. The Kier molecular flexibility index (Phi) is 5.03. The van der Waals surface area contributed by atoms with Crippen molar-refractivity contribution in [2.75, 3.05) is 0 Å². The van der Waals surface area contributed by atoms with Gasteiger partial charge in [0.25, 0.3) is 0 Å². The predicted molar refractivity (Wildman–Crippen MR) is 82.8 cm³/mol. The Morgan fingerprint density at radius 3 is 2.53 bits per heavy atom. The highest BCUT2D eigenvalue weighted by molar-refractivity contribution is 14.1. The molecule has 0 aromatic heterocycles. The van der Waals surface area contributed by atoms with Gasteiger partial charge in [0.15, 0.2) is 0 Å². The molecule has 0 heterocycles. The summed E-state index contributed by atoms with van der Waals surface area (Å²) in [5.41, 5.74) is 1.23. The molecule has 100 valence electrons. The maximum Gasteiger partial charge on any atom is 0.129 e. The molecule has 0 spiro atoms. The summed E-state index contributed by atoms with van der Waals surface area (Å²) in [6, 6.07) is 8.90. The molecular weight excluding hydrogens is 404 g/mol. The van der Waals surface area contributed by atoms with Crippen LogP contribution in [0.15, 0.2) is 36.4 Å². The summed E-state index contributed by atoms with van der Waals surface area (Å²) in [4.78, 5) is 0. The zero-order valence-electron chi connectivity index (χ0n) is 9.64. The van der Waals surface area contributed by atoms with Crippen LogP contribution in [0.5, 0.6) is 0 Å². The van der Waals surface area contributed by atoms with Gasteiger partial charge in [0, 0.05) is 14.7 Å². The van der Waals surface area contributed by atoms with Crippen molar-refractivity contribution >= 4 is 45.8 Å². The van der Waals surface area contributed by atoms with Crippen LogP contribution < -0.4 is 0 Å². The normalized spacial score (nSPS) is 12.5. The number of benzene rings is 2. The summed E-state index contributed by atoms with van der Waals surface area (Å²) < 4.78 is 27.4. The molecule has 0 aliphatic carbocycles. The van der Waals surface area contributed by atoms with E-state index < -0.39 is 17.0 Å². The Morgan fingerprint density at radius 2 is 1.84 bits per heavy atom. The second-order valence-electron chi connectivity index (χ2n) is 4.07. The Bertz CT molecular complexity index is 602. The Balaban J connectivity index is 2.25. The molecule has 1 unspecified atom stereocenters. The molecule has 0 saturated heterocycles. The molecule has 0 amide bonds. The van der Waals surface area contributed by atoms with E-state index in [0.29, 0.717) is 10.6 Å². The lowest BCUT2D eigenvalue weighted by Gasteiger charge is -2.13. The third-order valence-corrected chi connectivity index (χ3v) is 4.32. The fourth-order valence-corrected chi connectivity index (χ4v) is 3.17. The average Bonchev–Trinajstić information content (AvgIpc) is 2.35. The van der Waals surface area contributed by atoms with Crippen LogP contribution in [-0.2, 0) is 6.42 Å². The van der Waals surface area contributed by atoms with E-state index in [2.05, 4.69) is 22.6 Å². The Morgan fingerprint density at radius 1 is 1.11 bits per heavy atom. The van der Waals surface area contributed by atoms with Gasteiger partial charge in [-0.25, -0.2) is 8.78 Å². The monoisotopic (exact) mass is 412 g/mol. The largest absolute Gasteiger partial charge is 0.207 e. The van der Waals surface area contributed by atoms with Crippen LogP contribution in [0.4, 0.5) is 8.78 Å². The van der Waals surface area contributed by atoms with Crippen molar-refractivity contribution in [3.8, 4) is 0 Å². The lowest BCUT2D eigenvalue weighted by Crippen LogP contribution is -2.01. The van der Waals surface area contributed by atoms with E-state index in [1.165, 1.54) is 12.1 Å². The van der Waals surface area contributed by atoms with Gasteiger partial charge in [-0.15, -0.1) is 11.6 Å². The molecule has 2 aromatic rings. The second-order valence-corrected chi connectivity index (χ2v) is 6.20. The fraction of sp³-hybridized carbons (Fsp3) is 0.143. The van der Waals surface area contributed by atoms with E-state index in [1.54, 1.807) is 12.1 Å². The zero-order valence-corrected chi connectivity index (χ0v) is 13.3. The quantitative estimate of drug-likeness (QED) is 0.445. The topological polar surface area (TPSA) is 0 Å². The first-order valence-electron chi connectivity index (χ1n) is 5.50. The Labute approximate surface area is 133 Å². The van der Waals surface area contributed by atoms with Crippen molar-refractivity contribution in [3.63, 3.8) is 0 Å². The van der Waals surface area contributed by atoms with Crippen LogP contribution in [0.25, 0.3) is 0 Å². The second kappa shape index (κ2) is 6.37. The molecule has 0 N–H and O–H groups in total. The molecule has 2 aromatic carbocycles. The van der Waals surface area contributed by atoms with Crippen LogP contribution in [-0.4, -0.2) is 0 Å². The molecule has 19 heavy (non-hydrogen) atoms. The molecule has 0 nitrogen and oxygen atoms in total. The standard InChI is InChI=1S/C14H9Cl2F2I/c15-9-2-4-14(19)11(6-9)12(16)5-8-1-3-10(17)7-13(8)18/h1-4,6-7,12H,5H2. The summed E-state index contributed by atoms with van der Waals surface area (Å²) in [5.74, 6) is -1.17. The summed E-state index contributed by atoms with van der Waals surface area (Å²) in [6.45, 7) is 0. The van der Waals surface area contributed by atoms with Gasteiger partial charge in [-0.1, -0.05) is 17.7 Å². The first-order chi connectivity index (χ1) is 8.97. The van der Waals surface area contributed by atoms with Crippen LogP contribution in [0.1, 0.15) is 16.5 Å². The molecular formula is C14H9Cl2F2I. The first kappa shape index (κ1) is 15.0. The van der Waals surface area contributed by atoms with Gasteiger partial charge >= 0.3 is 0 Å². The van der Waals surface area contributed by atoms with Crippen molar-refractivity contribution in [2.45, 2.75) is 11.8 Å². The van der Waals surface area contributed by atoms with E-state index in [9.17, 15) is 8.78 Å². The van der Waals surface area contributed by atoms with Crippen LogP contribution >= 0.6 is 45.8 Å². The lowest BCUT2D eigenvalue weighted by molar-refractivity contribution is 0.570. The van der Waals surface area contributed by atoms with Crippen LogP contribution in [0.2, 0.25) is 5.02 Å². The summed E-state index contributed by atoms with van der Waals surface area (Å²) in [6.07, 6.45) is 0.282. The van der Waals surface area contributed by atoms with Gasteiger partial charge in [-0.2, -0.15) is 0 Å². The SMILES string of the molecule is Fc1ccc(CC(Cl)c2cc(Cl)ccc2I)c(F)c1. The molecule has 0 aliphatic rings. The third-order valence-electron chi connectivity index (χ3n) is 2.71. The molecule has 0 fully saturated rings. The van der Waals surface area contributed by atoms with E-state index in [1.807, 2.05) is 6.07 Å². The van der Waals surface area contributed by atoms with Gasteiger partial charge < -0.3 is 0 Å². The number of rotatable bonds is 3. The highest BCUT2D eigenvalue weighted by Gasteiger charge is 2.15. The molecule has 0 radical (unpaired) electrons. The van der Waals surface area contributed by atoms with E-state index in [4.69, 9.17) is 23.2 Å².